The summed E-state index contributed by atoms with van der Waals surface area (Å²) in [6.45, 7) is 1.57. The van der Waals surface area contributed by atoms with Crippen LogP contribution in [0.2, 0.25) is 0 Å². The lowest BCUT2D eigenvalue weighted by Crippen LogP contribution is -2.34. The van der Waals surface area contributed by atoms with Crippen molar-refractivity contribution >= 4 is 16.7 Å². The first-order valence-electron chi connectivity index (χ1n) is 4.80. The van der Waals surface area contributed by atoms with Crippen LogP contribution in [0.1, 0.15) is 5.56 Å². The fourth-order valence-corrected chi connectivity index (χ4v) is 1.70. The molecule has 1 aromatic heterocycles. The first-order valence-corrected chi connectivity index (χ1v) is 4.80. The van der Waals surface area contributed by atoms with Crippen LogP contribution in [0.3, 0.4) is 0 Å². The lowest BCUT2D eigenvalue weighted by molar-refractivity contribution is -0.385. The van der Waals surface area contributed by atoms with Gasteiger partial charge in [-0.2, -0.15) is 0 Å². The number of benzene rings is 1. The van der Waals surface area contributed by atoms with Crippen molar-refractivity contribution in [2.45, 2.75) is 6.92 Å². The van der Waals surface area contributed by atoms with Gasteiger partial charge in [0.25, 0.3) is 5.69 Å². The standard InChI is InChI=1S/C10H9N3O4/c1-5-3-6-8(4-7(5)13(16)17)12(2)10(15)9(14)11-6/h3-4H,1-2H3,(H,11,14). The van der Waals surface area contributed by atoms with Gasteiger partial charge in [-0.05, 0) is 13.0 Å². The van der Waals surface area contributed by atoms with Gasteiger partial charge < -0.3 is 9.55 Å². The Kier molecular flexibility index (Phi) is 2.31. The fourth-order valence-electron chi connectivity index (χ4n) is 1.70. The summed E-state index contributed by atoms with van der Waals surface area (Å²) < 4.78 is 1.10. The van der Waals surface area contributed by atoms with Gasteiger partial charge >= 0.3 is 11.1 Å². The molecule has 0 saturated carbocycles. The number of aryl methyl sites for hydroxylation is 2. The van der Waals surface area contributed by atoms with Crippen molar-refractivity contribution in [2.24, 2.45) is 7.05 Å². The van der Waals surface area contributed by atoms with Crippen LogP contribution in [0, 0.1) is 17.0 Å². The van der Waals surface area contributed by atoms with E-state index in [9.17, 15) is 19.7 Å². The molecule has 0 fully saturated rings. The van der Waals surface area contributed by atoms with Gasteiger partial charge in [0.15, 0.2) is 0 Å². The Morgan fingerprint density at radius 2 is 2.00 bits per heavy atom. The number of nitrogens with one attached hydrogen (secondary N) is 1. The van der Waals surface area contributed by atoms with Crippen molar-refractivity contribution in [2.75, 3.05) is 0 Å². The van der Waals surface area contributed by atoms with Crippen LogP contribution in [-0.2, 0) is 7.05 Å². The summed E-state index contributed by atoms with van der Waals surface area (Å²) in [5.41, 5.74) is -0.410. The first kappa shape index (κ1) is 11.1. The topological polar surface area (TPSA) is 98.0 Å². The molecule has 2 aromatic rings. The average molecular weight is 235 g/mol. The van der Waals surface area contributed by atoms with Gasteiger partial charge in [0.1, 0.15) is 0 Å². The maximum atomic E-state index is 11.4. The van der Waals surface area contributed by atoms with Gasteiger partial charge in [-0.25, -0.2) is 0 Å². The number of H-pyrrole nitrogens is 1. The van der Waals surface area contributed by atoms with Crippen molar-refractivity contribution in [1.82, 2.24) is 9.55 Å². The second-order valence-corrected chi connectivity index (χ2v) is 3.73. The Labute approximate surface area is 94.5 Å². The summed E-state index contributed by atoms with van der Waals surface area (Å²) in [4.78, 5) is 35.3. The number of fused-ring (bicyclic) bond motifs is 1. The number of hydrogen-bond donors (Lipinski definition) is 1. The molecule has 0 aliphatic carbocycles. The van der Waals surface area contributed by atoms with E-state index >= 15 is 0 Å². The van der Waals surface area contributed by atoms with Gasteiger partial charge in [-0.1, -0.05) is 0 Å². The smallest absolute Gasteiger partial charge is 0.316 e. The molecule has 0 saturated heterocycles. The van der Waals surface area contributed by atoms with E-state index in [1.807, 2.05) is 0 Å². The molecule has 0 unspecified atom stereocenters. The van der Waals surface area contributed by atoms with Crippen molar-refractivity contribution in [1.29, 1.82) is 0 Å². The highest BCUT2D eigenvalue weighted by Gasteiger charge is 2.14. The Morgan fingerprint density at radius 1 is 1.35 bits per heavy atom. The van der Waals surface area contributed by atoms with Crippen LogP contribution in [0.25, 0.3) is 11.0 Å². The highest BCUT2D eigenvalue weighted by molar-refractivity contribution is 5.78. The molecule has 7 heteroatoms. The summed E-state index contributed by atoms with van der Waals surface area (Å²) >= 11 is 0. The van der Waals surface area contributed by atoms with Crippen molar-refractivity contribution < 1.29 is 4.92 Å². The molecular formula is C10H9N3O4. The molecule has 0 bridgehead atoms. The summed E-state index contributed by atoms with van der Waals surface area (Å²) in [6.07, 6.45) is 0. The molecular weight excluding hydrogens is 226 g/mol. The summed E-state index contributed by atoms with van der Waals surface area (Å²) in [6, 6.07) is 2.76. The zero-order chi connectivity index (χ0) is 12.7. The Bertz CT molecular complexity index is 742. The second kappa shape index (κ2) is 3.55. The number of aromatic nitrogens is 2. The summed E-state index contributed by atoms with van der Waals surface area (Å²) in [5.74, 6) is 0. The fraction of sp³-hybridized carbons (Fsp3) is 0.200. The Morgan fingerprint density at radius 3 is 2.59 bits per heavy atom. The maximum absolute atomic E-state index is 11.4. The molecule has 88 valence electrons. The van der Waals surface area contributed by atoms with Crippen LogP contribution < -0.4 is 11.1 Å². The van der Waals surface area contributed by atoms with Crippen molar-refractivity contribution in [3.63, 3.8) is 0 Å². The first-order chi connectivity index (χ1) is 7.91. The quantitative estimate of drug-likeness (QED) is 0.440. The SMILES string of the molecule is Cc1cc2[nH]c(=O)c(=O)n(C)c2cc1[N+](=O)[O-]. The molecule has 0 aliphatic rings. The van der Waals surface area contributed by atoms with E-state index in [4.69, 9.17) is 0 Å². The second-order valence-electron chi connectivity index (χ2n) is 3.73. The third-order valence-corrected chi connectivity index (χ3v) is 2.62. The lowest BCUT2D eigenvalue weighted by atomic mass is 10.1. The highest BCUT2D eigenvalue weighted by atomic mass is 16.6. The Hall–Kier alpha value is -2.44. The van der Waals surface area contributed by atoms with Crippen LogP contribution >= 0.6 is 0 Å². The number of rotatable bonds is 1. The molecule has 0 amide bonds. The zero-order valence-electron chi connectivity index (χ0n) is 9.18. The van der Waals surface area contributed by atoms with E-state index in [2.05, 4.69) is 4.98 Å². The average Bonchev–Trinajstić information content (AvgIpc) is 2.25. The lowest BCUT2D eigenvalue weighted by Gasteiger charge is -2.05. The van der Waals surface area contributed by atoms with E-state index in [-0.39, 0.29) is 5.69 Å². The zero-order valence-corrected chi connectivity index (χ0v) is 9.18. The Balaban J connectivity index is 3.00. The van der Waals surface area contributed by atoms with Gasteiger partial charge in [0, 0.05) is 18.7 Å². The van der Waals surface area contributed by atoms with Crippen LogP contribution in [0.5, 0.6) is 0 Å². The molecule has 0 aliphatic heterocycles. The molecule has 1 N–H and O–H groups in total. The normalized spacial score (nSPS) is 10.7. The van der Waals surface area contributed by atoms with Crippen molar-refractivity contribution in [3.05, 3.63) is 48.5 Å². The molecule has 0 atom stereocenters. The molecule has 1 aromatic carbocycles. The summed E-state index contributed by atoms with van der Waals surface area (Å²) in [7, 11) is 1.40. The van der Waals surface area contributed by atoms with Gasteiger partial charge in [0.05, 0.1) is 16.0 Å². The summed E-state index contributed by atoms with van der Waals surface area (Å²) in [5, 5.41) is 10.8. The van der Waals surface area contributed by atoms with E-state index in [0.717, 1.165) is 4.57 Å². The minimum atomic E-state index is -0.742. The predicted molar refractivity (Wildman–Crippen MR) is 61.2 cm³/mol. The maximum Gasteiger partial charge on any atom is 0.316 e. The van der Waals surface area contributed by atoms with Gasteiger partial charge in [-0.3, -0.25) is 19.7 Å². The molecule has 0 radical (unpaired) electrons. The van der Waals surface area contributed by atoms with Gasteiger partial charge in [-0.15, -0.1) is 0 Å². The van der Waals surface area contributed by atoms with E-state index in [0.29, 0.717) is 16.6 Å². The number of nitrogens with zero attached hydrogens (tertiary/aromatic N) is 2. The monoisotopic (exact) mass is 235 g/mol. The van der Waals surface area contributed by atoms with Crippen LogP contribution in [0.4, 0.5) is 5.69 Å². The van der Waals surface area contributed by atoms with Gasteiger partial charge in [0.2, 0.25) is 0 Å². The molecule has 1 heterocycles. The van der Waals surface area contributed by atoms with Crippen LogP contribution in [-0.4, -0.2) is 14.5 Å². The molecule has 0 spiro atoms. The third kappa shape index (κ3) is 1.61. The molecule has 17 heavy (non-hydrogen) atoms. The van der Waals surface area contributed by atoms with E-state index < -0.39 is 16.0 Å². The minimum absolute atomic E-state index is 0.0838. The van der Waals surface area contributed by atoms with Crippen molar-refractivity contribution in [3.8, 4) is 0 Å². The van der Waals surface area contributed by atoms with E-state index in [1.54, 1.807) is 6.92 Å². The highest BCUT2D eigenvalue weighted by Crippen LogP contribution is 2.22. The third-order valence-electron chi connectivity index (χ3n) is 2.62. The largest absolute Gasteiger partial charge is 0.316 e. The number of hydrogen-bond acceptors (Lipinski definition) is 4. The predicted octanol–water partition coefficient (Wildman–Crippen LogP) is 0.443. The minimum Gasteiger partial charge on any atom is -0.316 e. The number of aromatic amines is 1. The molecule has 2 rings (SSSR count). The van der Waals surface area contributed by atoms with Crippen LogP contribution in [0.15, 0.2) is 21.7 Å². The number of nitro groups is 1. The van der Waals surface area contributed by atoms with E-state index in [1.165, 1.54) is 19.2 Å². The molecule has 7 nitrogen and oxygen atoms in total. The number of nitro benzene ring substituents is 1.